The molecule has 1 spiro atoms. The van der Waals surface area contributed by atoms with Gasteiger partial charge in [-0.2, -0.15) is 0 Å². The zero-order valence-corrected chi connectivity index (χ0v) is 10.2. The van der Waals surface area contributed by atoms with Gasteiger partial charge >= 0.3 is 0 Å². The minimum Gasteiger partial charge on any atom is -0.384 e. The van der Waals surface area contributed by atoms with Crippen LogP contribution >= 0.6 is 11.6 Å². The molecule has 0 unspecified atom stereocenters. The first-order chi connectivity index (χ1) is 8.27. The summed E-state index contributed by atoms with van der Waals surface area (Å²) in [5, 5.41) is 4.04. The van der Waals surface area contributed by atoms with Crippen LogP contribution in [0.1, 0.15) is 17.5 Å². The van der Waals surface area contributed by atoms with Gasteiger partial charge in [-0.3, -0.25) is 0 Å². The summed E-state index contributed by atoms with van der Waals surface area (Å²) in [6.45, 7) is 2.49. The van der Waals surface area contributed by atoms with Gasteiger partial charge in [0.15, 0.2) is 5.79 Å². The highest BCUT2D eigenvalue weighted by Gasteiger charge is 2.42. The second-order valence-electron chi connectivity index (χ2n) is 4.28. The van der Waals surface area contributed by atoms with Crippen LogP contribution in [0.2, 0.25) is 5.02 Å². The average molecular weight is 255 g/mol. The monoisotopic (exact) mass is 254 g/mol. The number of halogens is 1. The molecule has 92 valence electrons. The smallest absolute Gasteiger partial charge is 0.198 e. The summed E-state index contributed by atoms with van der Waals surface area (Å²) in [7, 11) is 0. The molecular formula is C12H15ClN2O2. The number of hydrogen-bond acceptors (Lipinski definition) is 4. The van der Waals surface area contributed by atoms with Crippen LogP contribution in [-0.4, -0.2) is 19.8 Å². The van der Waals surface area contributed by atoms with Crippen LogP contribution in [-0.2, 0) is 21.8 Å². The zero-order valence-electron chi connectivity index (χ0n) is 9.46. The maximum absolute atomic E-state index is 6.15. The van der Waals surface area contributed by atoms with Crippen molar-refractivity contribution < 1.29 is 9.47 Å². The number of benzene rings is 1. The third kappa shape index (κ3) is 1.64. The summed E-state index contributed by atoms with van der Waals surface area (Å²) < 4.78 is 11.6. The van der Waals surface area contributed by atoms with Crippen molar-refractivity contribution in [2.75, 3.05) is 25.1 Å². The maximum atomic E-state index is 6.15. The Hall–Kier alpha value is -0.810. The fourth-order valence-electron chi connectivity index (χ4n) is 2.58. The summed E-state index contributed by atoms with van der Waals surface area (Å²) in [5.74, 6) is -0.588. The molecule has 1 fully saturated rings. The number of anilines is 1. The van der Waals surface area contributed by atoms with Crippen LogP contribution in [0.15, 0.2) is 12.1 Å². The molecule has 2 aliphatic rings. The summed E-state index contributed by atoms with van der Waals surface area (Å²) in [5.41, 5.74) is 8.69. The van der Waals surface area contributed by atoms with E-state index in [4.69, 9.17) is 26.8 Å². The lowest BCUT2D eigenvalue weighted by Gasteiger charge is -2.35. The Labute approximate surface area is 105 Å². The fourth-order valence-corrected chi connectivity index (χ4v) is 2.82. The van der Waals surface area contributed by atoms with E-state index in [1.807, 2.05) is 12.1 Å². The molecule has 0 saturated carbocycles. The van der Waals surface area contributed by atoms with Crippen molar-refractivity contribution in [2.24, 2.45) is 5.73 Å². The van der Waals surface area contributed by atoms with Gasteiger partial charge in [-0.1, -0.05) is 17.7 Å². The van der Waals surface area contributed by atoms with Crippen LogP contribution < -0.4 is 11.1 Å². The third-order valence-electron chi connectivity index (χ3n) is 3.38. The first-order valence-electron chi connectivity index (χ1n) is 5.80. The molecule has 1 aromatic carbocycles. The van der Waals surface area contributed by atoms with Gasteiger partial charge in [0, 0.05) is 41.3 Å². The van der Waals surface area contributed by atoms with Gasteiger partial charge in [-0.05, 0) is 6.07 Å². The Morgan fingerprint density at radius 2 is 2.12 bits per heavy atom. The summed E-state index contributed by atoms with van der Waals surface area (Å²) >= 11 is 6.15. The molecule has 0 aromatic heterocycles. The lowest BCUT2D eigenvalue weighted by Crippen LogP contribution is -2.35. The first-order valence-corrected chi connectivity index (χ1v) is 6.18. The molecule has 2 aliphatic heterocycles. The van der Waals surface area contributed by atoms with Crippen molar-refractivity contribution in [3.63, 3.8) is 0 Å². The lowest BCUT2D eigenvalue weighted by atomic mass is 9.93. The minimum absolute atomic E-state index is 0.408. The Balaban J connectivity index is 2.15. The van der Waals surface area contributed by atoms with Crippen molar-refractivity contribution in [2.45, 2.75) is 18.8 Å². The summed E-state index contributed by atoms with van der Waals surface area (Å²) in [6, 6.07) is 3.83. The lowest BCUT2D eigenvalue weighted by molar-refractivity contribution is -0.169. The Morgan fingerprint density at radius 3 is 2.82 bits per heavy atom. The summed E-state index contributed by atoms with van der Waals surface area (Å²) in [6.07, 6.45) is 0.811. The van der Waals surface area contributed by atoms with Crippen molar-refractivity contribution in [3.05, 3.63) is 28.3 Å². The molecular weight excluding hydrogens is 240 g/mol. The van der Waals surface area contributed by atoms with E-state index in [9.17, 15) is 0 Å². The molecule has 0 amide bonds. The van der Waals surface area contributed by atoms with Crippen LogP contribution in [0.4, 0.5) is 5.69 Å². The van der Waals surface area contributed by atoms with Gasteiger partial charge in [-0.25, -0.2) is 0 Å². The molecule has 17 heavy (non-hydrogen) atoms. The van der Waals surface area contributed by atoms with Gasteiger partial charge in [0.1, 0.15) is 0 Å². The number of rotatable bonds is 1. The standard InChI is InChI=1S/C12H15ClN2O2/c13-10-2-1-9-11(8(10)7-14)15-4-3-12(9)16-5-6-17-12/h1-2,15H,3-7,14H2. The predicted molar refractivity (Wildman–Crippen MR) is 66.0 cm³/mol. The van der Waals surface area contributed by atoms with Crippen molar-refractivity contribution in [1.82, 2.24) is 0 Å². The largest absolute Gasteiger partial charge is 0.384 e. The number of nitrogens with one attached hydrogen (secondary N) is 1. The van der Waals surface area contributed by atoms with E-state index in [0.717, 1.165) is 29.8 Å². The van der Waals surface area contributed by atoms with Crippen LogP contribution in [0.25, 0.3) is 0 Å². The van der Waals surface area contributed by atoms with Crippen LogP contribution in [0.5, 0.6) is 0 Å². The normalized spacial score (nSPS) is 21.3. The Bertz CT molecular complexity index is 444. The average Bonchev–Trinajstić information content (AvgIpc) is 2.78. The van der Waals surface area contributed by atoms with Gasteiger partial charge < -0.3 is 20.5 Å². The molecule has 5 heteroatoms. The van der Waals surface area contributed by atoms with E-state index in [-0.39, 0.29) is 0 Å². The molecule has 0 atom stereocenters. The quantitative estimate of drug-likeness (QED) is 0.803. The van der Waals surface area contributed by atoms with E-state index in [1.165, 1.54) is 0 Å². The highest BCUT2D eigenvalue weighted by Crippen LogP contribution is 2.44. The van der Waals surface area contributed by atoms with Crippen LogP contribution in [0, 0.1) is 0 Å². The van der Waals surface area contributed by atoms with Crippen molar-refractivity contribution >= 4 is 17.3 Å². The molecule has 3 rings (SSSR count). The zero-order chi connectivity index (χ0) is 11.9. The Kier molecular flexibility index (Phi) is 2.75. The third-order valence-corrected chi connectivity index (χ3v) is 3.73. The van der Waals surface area contributed by atoms with E-state index < -0.39 is 5.79 Å². The van der Waals surface area contributed by atoms with E-state index in [1.54, 1.807) is 0 Å². The number of fused-ring (bicyclic) bond motifs is 2. The first kappa shape index (κ1) is 11.3. The van der Waals surface area contributed by atoms with Gasteiger partial charge in [-0.15, -0.1) is 0 Å². The fraction of sp³-hybridized carbons (Fsp3) is 0.500. The highest BCUT2D eigenvalue weighted by molar-refractivity contribution is 6.31. The molecule has 1 saturated heterocycles. The molecule has 0 aliphatic carbocycles. The molecule has 2 heterocycles. The second-order valence-corrected chi connectivity index (χ2v) is 4.69. The maximum Gasteiger partial charge on any atom is 0.198 e. The molecule has 3 N–H and O–H groups in total. The van der Waals surface area contributed by atoms with Crippen LogP contribution in [0.3, 0.4) is 0 Å². The molecule has 4 nitrogen and oxygen atoms in total. The molecule has 0 radical (unpaired) electrons. The second kappa shape index (κ2) is 4.14. The van der Waals surface area contributed by atoms with E-state index in [2.05, 4.69) is 5.32 Å². The van der Waals surface area contributed by atoms with Crippen molar-refractivity contribution in [1.29, 1.82) is 0 Å². The van der Waals surface area contributed by atoms with Gasteiger partial charge in [0.2, 0.25) is 0 Å². The van der Waals surface area contributed by atoms with Gasteiger partial charge in [0.05, 0.1) is 13.2 Å². The minimum atomic E-state index is -0.588. The van der Waals surface area contributed by atoms with E-state index in [0.29, 0.717) is 24.8 Å². The topological polar surface area (TPSA) is 56.5 Å². The van der Waals surface area contributed by atoms with Gasteiger partial charge in [0.25, 0.3) is 0 Å². The number of hydrogen-bond donors (Lipinski definition) is 2. The molecule has 1 aromatic rings. The number of ether oxygens (including phenoxy) is 2. The van der Waals surface area contributed by atoms with E-state index >= 15 is 0 Å². The van der Waals surface area contributed by atoms with Crippen molar-refractivity contribution in [3.8, 4) is 0 Å². The number of nitrogens with two attached hydrogens (primary N) is 1. The SMILES string of the molecule is NCc1c(Cl)ccc2c1NCCC21OCCO1. The highest BCUT2D eigenvalue weighted by atomic mass is 35.5. The Morgan fingerprint density at radius 1 is 1.35 bits per heavy atom. The molecule has 0 bridgehead atoms. The summed E-state index contributed by atoms with van der Waals surface area (Å²) in [4.78, 5) is 0. The predicted octanol–water partition coefficient (Wildman–Crippen LogP) is 1.81.